The van der Waals surface area contributed by atoms with E-state index in [2.05, 4.69) is 21.2 Å². The van der Waals surface area contributed by atoms with Crippen molar-refractivity contribution in [3.8, 4) is 0 Å². The van der Waals surface area contributed by atoms with Crippen LogP contribution in [-0.2, 0) is 0 Å². The molecule has 0 fully saturated rings. The Labute approximate surface area is 119 Å². The second kappa shape index (κ2) is 5.54. The summed E-state index contributed by atoms with van der Waals surface area (Å²) in [7, 11) is 3.64. The lowest BCUT2D eigenvalue weighted by Gasteiger charge is -2.15. The summed E-state index contributed by atoms with van der Waals surface area (Å²) in [6, 6.07) is 9.38. The Kier molecular flexibility index (Phi) is 4.04. The Bertz CT molecular complexity index is 550. The molecule has 0 bridgehead atoms. The maximum Gasteiger partial charge on any atom is 0.258 e. The molecule has 18 heavy (non-hydrogen) atoms. The molecular weight excluding hydrogens is 312 g/mol. The molecule has 0 spiro atoms. The monoisotopic (exact) mass is 324 g/mol. The molecule has 1 amide bonds. The Hall–Kier alpha value is -1.33. The van der Waals surface area contributed by atoms with Crippen molar-refractivity contribution in [1.82, 2.24) is 0 Å². The van der Waals surface area contributed by atoms with Crippen LogP contribution in [0.4, 0.5) is 10.7 Å². The van der Waals surface area contributed by atoms with Crippen LogP contribution >= 0.6 is 27.3 Å². The third-order valence-electron chi connectivity index (χ3n) is 2.61. The van der Waals surface area contributed by atoms with Crippen molar-refractivity contribution in [2.24, 2.45) is 0 Å². The topological polar surface area (TPSA) is 32.3 Å². The molecule has 2 rings (SSSR count). The Morgan fingerprint density at radius 2 is 2.00 bits per heavy atom. The molecule has 1 N–H and O–H groups in total. The number of carbonyl (C=O) groups is 1. The second-order valence-electron chi connectivity index (χ2n) is 3.79. The Morgan fingerprint density at radius 3 is 2.50 bits per heavy atom. The zero-order valence-electron chi connectivity index (χ0n) is 10.1. The molecule has 2 aromatic rings. The summed E-state index contributed by atoms with van der Waals surface area (Å²) in [5, 5.41) is 5.91. The van der Waals surface area contributed by atoms with Gasteiger partial charge in [0.05, 0.1) is 5.00 Å². The molecule has 0 saturated heterocycles. The van der Waals surface area contributed by atoms with E-state index in [1.807, 2.05) is 42.8 Å². The zero-order chi connectivity index (χ0) is 13.1. The van der Waals surface area contributed by atoms with Crippen LogP contribution in [0.15, 0.2) is 40.2 Å². The number of rotatable bonds is 3. The highest BCUT2D eigenvalue weighted by atomic mass is 79.9. The van der Waals surface area contributed by atoms with E-state index < -0.39 is 0 Å². The van der Waals surface area contributed by atoms with Crippen molar-refractivity contribution in [3.63, 3.8) is 0 Å². The predicted molar refractivity (Wildman–Crippen MR) is 80.7 cm³/mol. The lowest BCUT2D eigenvalue weighted by atomic mass is 10.2. The third kappa shape index (κ3) is 2.73. The van der Waals surface area contributed by atoms with Gasteiger partial charge in [-0.1, -0.05) is 0 Å². The van der Waals surface area contributed by atoms with Gasteiger partial charge in [-0.3, -0.25) is 4.79 Å². The Balaban J connectivity index is 2.19. The van der Waals surface area contributed by atoms with Crippen molar-refractivity contribution in [2.75, 3.05) is 24.3 Å². The molecule has 1 aromatic carbocycles. The lowest BCUT2D eigenvalue weighted by molar-refractivity contribution is 0.0993. The SMILES string of the molecule is CNc1ccc(C(=O)N(C)c2cc(Br)cs2)cc1. The van der Waals surface area contributed by atoms with Crippen LogP contribution < -0.4 is 10.2 Å². The predicted octanol–water partition coefficient (Wildman–Crippen LogP) is 3.83. The van der Waals surface area contributed by atoms with E-state index >= 15 is 0 Å². The van der Waals surface area contributed by atoms with Crippen LogP contribution in [0.25, 0.3) is 0 Å². The first-order valence-electron chi connectivity index (χ1n) is 5.41. The molecule has 1 aromatic heterocycles. The molecule has 5 heteroatoms. The minimum Gasteiger partial charge on any atom is -0.388 e. The van der Waals surface area contributed by atoms with Gasteiger partial charge in [-0.05, 0) is 46.3 Å². The van der Waals surface area contributed by atoms with Crippen molar-refractivity contribution < 1.29 is 4.79 Å². The molecule has 0 aliphatic heterocycles. The van der Waals surface area contributed by atoms with Gasteiger partial charge in [0.15, 0.2) is 0 Å². The highest BCUT2D eigenvalue weighted by molar-refractivity contribution is 9.10. The fraction of sp³-hybridized carbons (Fsp3) is 0.154. The number of nitrogens with zero attached hydrogens (tertiary/aromatic N) is 1. The number of amides is 1. The van der Waals surface area contributed by atoms with Crippen LogP contribution in [0.1, 0.15) is 10.4 Å². The number of hydrogen-bond acceptors (Lipinski definition) is 3. The fourth-order valence-electron chi connectivity index (χ4n) is 1.55. The standard InChI is InChI=1S/C13H13BrN2OS/c1-15-11-5-3-9(4-6-11)13(17)16(2)12-7-10(14)8-18-12/h3-8,15H,1-2H3. The Morgan fingerprint density at radius 1 is 1.33 bits per heavy atom. The number of anilines is 2. The zero-order valence-corrected chi connectivity index (χ0v) is 12.5. The lowest BCUT2D eigenvalue weighted by Crippen LogP contribution is -2.25. The minimum atomic E-state index is -0.00740. The molecule has 0 unspecified atom stereocenters. The number of thiophene rings is 1. The molecule has 3 nitrogen and oxygen atoms in total. The highest BCUT2D eigenvalue weighted by Gasteiger charge is 2.14. The summed E-state index contributed by atoms with van der Waals surface area (Å²) >= 11 is 4.92. The molecule has 0 saturated carbocycles. The average molecular weight is 325 g/mol. The third-order valence-corrected chi connectivity index (χ3v) is 4.38. The molecule has 0 radical (unpaired) electrons. The molecule has 94 valence electrons. The largest absolute Gasteiger partial charge is 0.388 e. The summed E-state index contributed by atoms with van der Waals surface area (Å²) in [6.45, 7) is 0. The number of hydrogen-bond donors (Lipinski definition) is 1. The normalized spacial score (nSPS) is 10.2. The first kappa shape index (κ1) is 13.1. The summed E-state index contributed by atoms with van der Waals surface area (Å²) in [5.41, 5.74) is 1.68. The van der Waals surface area contributed by atoms with Gasteiger partial charge in [0, 0.05) is 35.2 Å². The van der Waals surface area contributed by atoms with E-state index in [9.17, 15) is 4.79 Å². The summed E-state index contributed by atoms with van der Waals surface area (Å²) in [4.78, 5) is 13.9. The maximum absolute atomic E-state index is 12.3. The number of benzene rings is 1. The van der Waals surface area contributed by atoms with E-state index in [4.69, 9.17) is 0 Å². The number of carbonyl (C=O) groups excluding carboxylic acids is 1. The molecule has 1 heterocycles. The van der Waals surface area contributed by atoms with Crippen LogP contribution in [0.2, 0.25) is 0 Å². The van der Waals surface area contributed by atoms with E-state index in [-0.39, 0.29) is 5.91 Å². The molecule has 0 aliphatic rings. The van der Waals surface area contributed by atoms with E-state index in [0.29, 0.717) is 5.56 Å². The van der Waals surface area contributed by atoms with Gasteiger partial charge in [-0.2, -0.15) is 0 Å². The first-order valence-corrected chi connectivity index (χ1v) is 7.09. The van der Waals surface area contributed by atoms with Crippen LogP contribution in [-0.4, -0.2) is 20.0 Å². The van der Waals surface area contributed by atoms with Crippen LogP contribution in [0, 0.1) is 0 Å². The number of halogens is 1. The minimum absolute atomic E-state index is 0.00740. The van der Waals surface area contributed by atoms with Crippen molar-refractivity contribution >= 4 is 43.9 Å². The summed E-state index contributed by atoms with van der Waals surface area (Å²) in [5.74, 6) is -0.00740. The van der Waals surface area contributed by atoms with Crippen LogP contribution in [0.3, 0.4) is 0 Å². The van der Waals surface area contributed by atoms with Crippen LogP contribution in [0.5, 0.6) is 0 Å². The quantitative estimate of drug-likeness (QED) is 0.930. The van der Waals surface area contributed by atoms with Crippen molar-refractivity contribution in [1.29, 1.82) is 0 Å². The molecule has 0 atom stereocenters. The van der Waals surface area contributed by atoms with Crippen molar-refractivity contribution in [3.05, 3.63) is 45.7 Å². The smallest absolute Gasteiger partial charge is 0.258 e. The van der Waals surface area contributed by atoms with E-state index in [0.717, 1.165) is 15.2 Å². The summed E-state index contributed by atoms with van der Waals surface area (Å²) in [6.07, 6.45) is 0. The number of nitrogens with one attached hydrogen (secondary N) is 1. The van der Waals surface area contributed by atoms with E-state index in [1.165, 1.54) is 11.3 Å². The molecular formula is C13H13BrN2OS. The van der Waals surface area contributed by atoms with Gasteiger partial charge in [0.25, 0.3) is 5.91 Å². The second-order valence-corrected chi connectivity index (χ2v) is 5.60. The van der Waals surface area contributed by atoms with Gasteiger partial charge in [0.1, 0.15) is 0 Å². The van der Waals surface area contributed by atoms with Crippen molar-refractivity contribution in [2.45, 2.75) is 0 Å². The van der Waals surface area contributed by atoms with Gasteiger partial charge in [-0.15, -0.1) is 11.3 Å². The van der Waals surface area contributed by atoms with Gasteiger partial charge < -0.3 is 10.2 Å². The van der Waals surface area contributed by atoms with Gasteiger partial charge >= 0.3 is 0 Å². The summed E-state index contributed by atoms with van der Waals surface area (Å²) < 4.78 is 0.993. The maximum atomic E-state index is 12.3. The first-order chi connectivity index (χ1) is 8.61. The fourth-order valence-corrected chi connectivity index (χ4v) is 2.94. The molecule has 0 aliphatic carbocycles. The van der Waals surface area contributed by atoms with E-state index in [1.54, 1.807) is 11.9 Å². The average Bonchev–Trinajstić information content (AvgIpc) is 2.84. The van der Waals surface area contributed by atoms with Gasteiger partial charge in [0.2, 0.25) is 0 Å². The van der Waals surface area contributed by atoms with Gasteiger partial charge in [-0.25, -0.2) is 0 Å². The highest BCUT2D eigenvalue weighted by Crippen LogP contribution is 2.28.